The van der Waals surface area contributed by atoms with Crippen molar-refractivity contribution < 1.29 is 14.5 Å². The van der Waals surface area contributed by atoms with Gasteiger partial charge in [0.1, 0.15) is 11.3 Å². The zero-order valence-electron chi connectivity index (χ0n) is 20.8. The Balaban J connectivity index is 1.55. The van der Waals surface area contributed by atoms with Crippen LogP contribution in [0.15, 0.2) is 33.5 Å². The van der Waals surface area contributed by atoms with E-state index in [-0.39, 0.29) is 5.84 Å². The zero-order chi connectivity index (χ0) is 25.9. The molecule has 2 aliphatic heterocycles. The largest absolute Gasteiger partial charge is 0.422 e. The lowest BCUT2D eigenvalue weighted by molar-refractivity contribution is -0.263. The molecule has 2 heterocycles. The molecule has 37 heavy (non-hydrogen) atoms. The fourth-order valence-electron chi connectivity index (χ4n) is 6.92. The predicted octanol–water partition coefficient (Wildman–Crippen LogP) is 3.92. The fourth-order valence-corrected chi connectivity index (χ4v) is 6.92. The van der Waals surface area contributed by atoms with E-state index in [9.17, 15) is 15.3 Å². The Hall–Kier alpha value is -3.92. The first-order valence-corrected chi connectivity index (χ1v) is 13.0. The van der Waals surface area contributed by atoms with Crippen LogP contribution in [0.5, 0.6) is 0 Å². The van der Waals surface area contributed by atoms with Gasteiger partial charge in [0.15, 0.2) is 5.41 Å². The lowest BCUT2D eigenvalue weighted by Crippen LogP contribution is -2.47. The minimum atomic E-state index is -2.20. The van der Waals surface area contributed by atoms with E-state index in [1.54, 1.807) is 6.07 Å². The van der Waals surface area contributed by atoms with Crippen LogP contribution in [0.25, 0.3) is 0 Å². The van der Waals surface area contributed by atoms with E-state index >= 15 is 0 Å². The maximum Gasteiger partial charge on any atom is 0.422 e. The summed E-state index contributed by atoms with van der Waals surface area (Å²) < 4.78 is 0. The summed E-state index contributed by atoms with van der Waals surface area (Å²) in [7, 11) is 0. The van der Waals surface area contributed by atoms with Crippen molar-refractivity contribution in [3.05, 3.63) is 29.3 Å². The van der Waals surface area contributed by atoms with E-state index < -0.39 is 28.1 Å². The van der Waals surface area contributed by atoms with Gasteiger partial charge in [-0.1, -0.05) is 40.8 Å². The van der Waals surface area contributed by atoms with Crippen molar-refractivity contribution in [1.29, 1.82) is 10.5 Å². The highest BCUT2D eigenvalue weighted by molar-refractivity contribution is 6.20. The molecular weight excluding hydrogens is 470 g/mol. The summed E-state index contributed by atoms with van der Waals surface area (Å²) in [6, 6.07) is 9.91. The van der Waals surface area contributed by atoms with Gasteiger partial charge in [0, 0.05) is 5.69 Å². The van der Waals surface area contributed by atoms with Crippen molar-refractivity contribution in [3.8, 4) is 12.1 Å². The van der Waals surface area contributed by atoms with Crippen molar-refractivity contribution in [3.63, 3.8) is 0 Å². The molecule has 3 saturated carbocycles. The number of oxime groups is 2. The number of nitrogens with one attached hydrogen (secondary N) is 1. The molecule has 3 N–H and O–H groups in total. The molecule has 3 fully saturated rings. The number of nitrogens with two attached hydrogens (primary N) is 1. The first-order chi connectivity index (χ1) is 17.9. The van der Waals surface area contributed by atoms with Crippen molar-refractivity contribution >= 4 is 28.9 Å². The molecule has 6 rings (SSSR count). The quantitative estimate of drug-likeness (QED) is 0.472. The standard InChI is InChI=1S/C27H29N7O3/c1-17-12-13-21-20(14-17)26(23(35)31-21)24(15-28)22(30)32-27(25(24,26)16-29,36-33-18-8-4-2-5-9-18)37-34-19-10-6-3-7-11-19/h12-14H,2-11H2,1H3,(H2,30,32)(H,31,35)/t24-,25+,26-/m1/s1. The highest BCUT2D eigenvalue weighted by Gasteiger charge is 3.07. The van der Waals surface area contributed by atoms with Crippen LogP contribution < -0.4 is 11.1 Å². The van der Waals surface area contributed by atoms with E-state index in [0.717, 1.165) is 81.2 Å². The number of benzene rings is 1. The van der Waals surface area contributed by atoms with Gasteiger partial charge in [-0.2, -0.15) is 15.5 Å². The van der Waals surface area contributed by atoms with Crippen LogP contribution in [0.3, 0.4) is 0 Å². The average Bonchev–Trinajstić information content (AvgIpc) is 3.29. The van der Waals surface area contributed by atoms with Gasteiger partial charge < -0.3 is 20.7 Å². The van der Waals surface area contributed by atoms with E-state index in [4.69, 9.17) is 15.4 Å². The van der Waals surface area contributed by atoms with Crippen LogP contribution in [0.1, 0.15) is 75.3 Å². The van der Waals surface area contributed by atoms with E-state index in [2.05, 4.69) is 32.8 Å². The molecule has 1 aromatic rings. The highest BCUT2D eigenvalue weighted by Crippen LogP contribution is 2.87. The number of aliphatic imine (C=N–C) groups is 1. The fraction of sp³-hybridized carbons (Fsp3) is 0.556. The number of anilines is 1. The van der Waals surface area contributed by atoms with E-state index in [1.807, 2.05) is 19.1 Å². The minimum absolute atomic E-state index is 0.186. The summed E-state index contributed by atoms with van der Waals surface area (Å²) in [5.74, 6) is -2.89. The number of hydrogen-bond donors (Lipinski definition) is 2. The molecule has 190 valence electrons. The number of carbonyl (C=O) groups is 1. The number of aryl methyl sites for hydroxylation is 1. The third-order valence-corrected chi connectivity index (χ3v) is 8.71. The number of fused-ring (bicyclic) bond motifs is 5. The molecule has 10 nitrogen and oxygen atoms in total. The van der Waals surface area contributed by atoms with Crippen LogP contribution in [-0.4, -0.2) is 29.1 Å². The van der Waals surface area contributed by atoms with E-state index in [0.29, 0.717) is 11.3 Å². The van der Waals surface area contributed by atoms with Gasteiger partial charge in [-0.05, 0) is 69.9 Å². The number of amides is 1. The van der Waals surface area contributed by atoms with Gasteiger partial charge in [0.05, 0.1) is 23.6 Å². The second-order valence-electron chi connectivity index (χ2n) is 10.7. The number of hydrogen-bond acceptors (Lipinski definition) is 9. The van der Waals surface area contributed by atoms with Crippen molar-refractivity contribution in [2.75, 3.05) is 5.32 Å². The minimum Gasteiger partial charge on any atom is -0.386 e. The molecule has 0 unspecified atom stereocenters. The third kappa shape index (κ3) is 2.68. The third-order valence-electron chi connectivity index (χ3n) is 8.71. The predicted molar refractivity (Wildman–Crippen MR) is 135 cm³/mol. The van der Waals surface area contributed by atoms with Crippen LogP contribution in [0, 0.1) is 40.4 Å². The lowest BCUT2D eigenvalue weighted by atomic mass is 9.83. The first kappa shape index (κ1) is 23.5. The summed E-state index contributed by atoms with van der Waals surface area (Å²) in [6.45, 7) is 1.88. The molecule has 0 bridgehead atoms. The summed E-state index contributed by atoms with van der Waals surface area (Å²) in [5, 5.41) is 33.1. The first-order valence-electron chi connectivity index (χ1n) is 13.0. The van der Waals surface area contributed by atoms with E-state index in [1.165, 1.54) is 0 Å². The van der Waals surface area contributed by atoms with Gasteiger partial charge >= 0.3 is 5.91 Å². The Labute approximate surface area is 215 Å². The Morgan fingerprint density at radius 2 is 1.57 bits per heavy atom. The van der Waals surface area contributed by atoms with Gasteiger partial charge in [-0.25, -0.2) is 0 Å². The zero-order valence-corrected chi connectivity index (χ0v) is 20.8. The summed E-state index contributed by atoms with van der Waals surface area (Å²) in [6.07, 6.45) is 9.14. The molecule has 1 amide bonds. The van der Waals surface area contributed by atoms with Crippen LogP contribution in [0.2, 0.25) is 0 Å². The number of nitrogens with zero attached hydrogens (tertiary/aromatic N) is 5. The molecule has 0 saturated heterocycles. The van der Waals surface area contributed by atoms with Crippen molar-refractivity contribution in [2.24, 2.45) is 31.9 Å². The Kier molecular flexibility index (Phi) is 5.10. The number of amidine groups is 1. The molecule has 0 aromatic heterocycles. The van der Waals surface area contributed by atoms with Crippen molar-refractivity contribution in [2.45, 2.75) is 82.5 Å². The number of rotatable bonds is 4. The van der Waals surface area contributed by atoms with Crippen LogP contribution in [-0.2, 0) is 19.9 Å². The summed E-state index contributed by atoms with van der Waals surface area (Å²) >= 11 is 0. The molecular formula is C27H29N7O3. The molecule has 0 radical (unpaired) electrons. The maximum atomic E-state index is 13.8. The SMILES string of the molecule is Cc1ccc2c(c1)[C@@]1(C(=O)N2)[C@]2(C#N)C(N)=NC(ON=C3CCCCC3)(ON=C3CCCCC3)[C@@]21C#N. The summed E-state index contributed by atoms with van der Waals surface area (Å²) in [4.78, 5) is 30.4. The lowest BCUT2D eigenvalue weighted by Gasteiger charge is -2.30. The molecule has 1 spiro atoms. The van der Waals surface area contributed by atoms with Gasteiger partial charge in [0.25, 0.3) is 0 Å². The molecule has 3 aliphatic carbocycles. The normalized spacial score (nSPS) is 32.8. The Morgan fingerprint density at radius 3 is 2.11 bits per heavy atom. The molecule has 1 aromatic carbocycles. The topological polar surface area (TPSA) is 158 Å². The number of carbonyl (C=O) groups excluding carboxylic acids is 1. The monoisotopic (exact) mass is 499 g/mol. The van der Waals surface area contributed by atoms with Crippen molar-refractivity contribution in [1.82, 2.24) is 0 Å². The number of nitriles is 2. The van der Waals surface area contributed by atoms with Crippen LogP contribution >= 0.6 is 0 Å². The second kappa shape index (κ2) is 8.04. The molecule has 5 aliphatic rings. The highest BCUT2D eigenvalue weighted by atomic mass is 16.8. The van der Waals surface area contributed by atoms with Crippen LogP contribution in [0.4, 0.5) is 5.69 Å². The maximum absolute atomic E-state index is 13.8. The Bertz CT molecular complexity index is 1320. The molecule has 3 atom stereocenters. The summed E-state index contributed by atoms with van der Waals surface area (Å²) in [5.41, 5.74) is 4.57. The van der Waals surface area contributed by atoms with Gasteiger partial charge in [0.2, 0.25) is 11.3 Å². The van der Waals surface area contributed by atoms with Gasteiger partial charge in [-0.15, -0.1) is 0 Å². The smallest absolute Gasteiger partial charge is 0.386 e. The average molecular weight is 500 g/mol. The van der Waals surface area contributed by atoms with Gasteiger partial charge in [-0.3, -0.25) is 4.79 Å². The molecule has 10 heteroatoms. The Morgan fingerprint density at radius 1 is 0.973 bits per heavy atom. The second-order valence-corrected chi connectivity index (χ2v) is 10.7.